The third-order valence-electron chi connectivity index (χ3n) is 4.32. The molecule has 2 rings (SSSR count). The summed E-state index contributed by atoms with van der Waals surface area (Å²) in [7, 11) is 0. The van der Waals surface area contributed by atoms with Crippen LogP contribution in [0, 0.1) is 5.92 Å². The highest BCUT2D eigenvalue weighted by Crippen LogP contribution is 2.17. The van der Waals surface area contributed by atoms with Gasteiger partial charge in [0.05, 0.1) is 0 Å². The van der Waals surface area contributed by atoms with E-state index in [0.29, 0.717) is 12.0 Å². The van der Waals surface area contributed by atoms with Crippen molar-refractivity contribution in [1.29, 1.82) is 0 Å². The molecule has 0 spiro atoms. The fraction of sp³-hybridized carbons (Fsp3) is 0.684. The van der Waals surface area contributed by atoms with Crippen molar-refractivity contribution in [1.82, 2.24) is 10.2 Å². The third-order valence-corrected chi connectivity index (χ3v) is 4.32. The summed E-state index contributed by atoms with van der Waals surface area (Å²) in [6, 6.07) is 9.90. The maximum Gasteiger partial charge on any atom is 0.0234 e. The Kier molecular flexibility index (Phi) is 6.25. The first-order valence-electron chi connectivity index (χ1n) is 8.59. The van der Waals surface area contributed by atoms with Gasteiger partial charge < -0.3 is 5.32 Å². The summed E-state index contributed by atoms with van der Waals surface area (Å²) >= 11 is 0. The lowest BCUT2D eigenvalue weighted by Gasteiger charge is -2.27. The molecule has 1 unspecified atom stereocenters. The van der Waals surface area contributed by atoms with E-state index in [4.69, 9.17) is 0 Å². The van der Waals surface area contributed by atoms with Gasteiger partial charge in [-0.25, -0.2) is 0 Å². The van der Waals surface area contributed by atoms with Crippen LogP contribution in [0.25, 0.3) is 0 Å². The van der Waals surface area contributed by atoms with Crippen molar-refractivity contribution >= 4 is 0 Å². The molecule has 2 nitrogen and oxygen atoms in total. The van der Waals surface area contributed by atoms with E-state index < -0.39 is 0 Å². The molecule has 0 bridgehead atoms. The summed E-state index contributed by atoms with van der Waals surface area (Å²) in [5.74, 6) is 1.34. The highest BCUT2D eigenvalue weighted by atomic mass is 15.2. The number of hydrogen-bond donors (Lipinski definition) is 1. The van der Waals surface area contributed by atoms with Crippen LogP contribution < -0.4 is 5.32 Å². The van der Waals surface area contributed by atoms with Gasteiger partial charge in [0.1, 0.15) is 0 Å². The molecule has 1 atom stereocenters. The molecule has 21 heavy (non-hydrogen) atoms. The van der Waals surface area contributed by atoms with Gasteiger partial charge in [-0.1, -0.05) is 52.0 Å². The van der Waals surface area contributed by atoms with Crippen molar-refractivity contribution < 1.29 is 0 Å². The van der Waals surface area contributed by atoms with E-state index >= 15 is 0 Å². The molecule has 0 saturated carbocycles. The zero-order valence-electron chi connectivity index (χ0n) is 14.2. The molecule has 2 heteroatoms. The molecule has 1 N–H and O–H groups in total. The van der Waals surface area contributed by atoms with E-state index in [0.717, 1.165) is 12.5 Å². The number of nitrogens with one attached hydrogen (secondary N) is 1. The van der Waals surface area contributed by atoms with Gasteiger partial charge in [-0.3, -0.25) is 4.90 Å². The number of benzene rings is 1. The van der Waals surface area contributed by atoms with Crippen LogP contribution in [-0.2, 0) is 6.54 Å². The van der Waals surface area contributed by atoms with Crippen LogP contribution in [0.3, 0.4) is 0 Å². The van der Waals surface area contributed by atoms with Crippen molar-refractivity contribution in [3.8, 4) is 0 Å². The topological polar surface area (TPSA) is 15.3 Å². The summed E-state index contributed by atoms with van der Waals surface area (Å²) in [6.07, 6.45) is 2.67. The minimum atomic E-state index is 0.619. The highest BCUT2D eigenvalue weighted by molar-refractivity contribution is 5.24. The monoisotopic (exact) mass is 288 g/mol. The Bertz CT molecular complexity index is 402. The first kappa shape index (κ1) is 16.5. The number of rotatable bonds is 7. The van der Waals surface area contributed by atoms with Gasteiger partial charge in [0, 0.05) is 25.7 Å². The Morgan fingerprint density at radius 2 is 1.86 bits per heavy atom. The minimum Gasteiger partial charge on any atom is -0.313 e. The van der Waals surface area contributed by atoms with E-state index in [-0.39, 0.29) is 0 Å². The van der Waals surface area contributed by atoms with E-state index in [1.165, 1.54) is 43.6 Å². The molecule has 0 aliphatic carbocycles. The lowest BCUT2D eigenvalue weighted by Crippen LogP contribution is -2.38. The van der Waals surface area contributed by atoms with Crippen LogP contribution in [0.15, 0.2) is 24.3 Å². The standard InChI is InChI=1S/C19H32N2/c1-15(2)12-21(14-19-6-5-11-20-19)13-17-7-9-18(10-8-17)16(3)4/h7-10,15-16,19-20H,5-6,11-14H2,1-4H3. The minimum absolute atomic E-state index is 0.619. The number of hydrogen-bond acceptors (Lipinski definition) is 2. The van der Waals surface area contributed by atoms with E-state index in [9.17, 15) is 0 Å². The van der Waals surface area contributed by atoms with Crippen molar-refractivity contribution in [2.45, 2.75) is 59.0 Å². The third kappa shape index (κ3) is 5.44. The largest absolute Gasteiger partial charge is 0.313 e. The second-order valence-electron chi connectivity index (χ2n) is 7.28. The Morgan fingerprint density at radius 1 is 1.14 bits per heavy atom. The number of nitrogens with zero attached hydrogens (tertiary/aromatic N) is 1. The molecular weight excluding hydrogens is 256 g/mol. The van der Waals surface area contributed by atoms with Crippen LogP contribution in [0.2, 0.25) is 0 Å². The van der Waals surface area contributed by atoms with Crippen LogP contribution in [-0.4, -0.2) is 30.6 Å². The predicted octanol–water partition coefficient (Wildman–Crippen LogP) is 4.02. The second-order valence-corrected chi connectivity index (χ2v) is 7.28. The first-order valence-corrected chi connectivity index (χ1v) is 8.59. The van der Waals surface area contributed by atoms with Gasteiger partial charge in [0.2, 0.25) is 0 Å². The van der Waals surface area contributed by atoms with Gasteiger partial charge in [0.25, 0.3) is 0 Å². The molecule has 118 valence electrons. The lowest BCUT2D eigenvalue weighted by molar-refractivity contribution is 0.216. The Labute approximate surface area is 130 Å². The molecule has 1 aromatic rings. The Balaban J connectivity index is 1.96. The average molecular weight is 288 g/mol. The first-order chi connectivity index (χ1) is 10.0. The summed E-state index contributed by atoms with van der Waals surface area (Å²) in [5.41, 5.74) is 2.88. The molecule has 1 aliphatic rings. The summed E-state index contributed by atoms with van der Waals surface area (Å²) in [4.78, 5) is 2.62. The zero-order valence-corrected chi connectivity index (χ0v) is 14.2. The Morgan fingerprint density at radius 3 is 2.38 bits per heavy atom. The maximum absolute atomic E-state index is 3.63. The van der Waals surface area contributed by atoms with Gasteiger partial charge in [-0.2, -0.15) is 0 Å². The Hall–Kier alpha value is -0.860. The molecule has 1 aliphatic heterocycles. The van der Waals surface area contributed by atoms with Crippen LogP contribution in [0.5, 0.6) is 0 Å². The molecular formula is C19H32N2. The lowest BCUT2D eigenvalue weighted by atomic mass is 10.0. The summed E-state index contributed by atoms with van der Waals surface area (Å²) in [6.45, 7) is 13.8. The summed E-state index contributed by atoms with van der Waals surface area (Å²) in [5, 5.41) is 3.63. The smallest absolute Gasteiger partial charge is 0.0234 e. The molecule has 1 heterocycles. The molecule has 0 amide bonds. The fourth-order valence-corrected chi connectivity index (χ4v) is 3.21. The molecule has 1 saturated heterocycles. The summed E-state index contributed by atoms with van der Waals surface area (Å²) < 4.78 is 0. The second kappa shape index (κ2) is 7.95. The maximum atomic E-state index is 3.63. The van der Waals surface area contributed by atoms with Crippen LogP contribution >= 0.6 is 0 Å². The SMILES string of the molecule is CC(C)CN(Cc1ccc(C(C)C)cc1)CC1CCCN1. The van der Waals surface area contributed by atoms with Crippen LogP contribution in [0.4, 0.5) is 0 Å². The molecule has 1 aromatic carbocycles. The van der Waals surface area contributed by atoms with E-state index in [1.54, 1.807) is 0 Å². The normalized spacial score (nSPS) is 19.1. The van der Waals surface area contributed by atoms with Gasteiger partial charge in [0.15, 0.2) is 0 Å². The van der Waals surface area contributed by atoms with Crippen molar-refractivity contribution in [2.75, 3.05) is 19.6 Å². The van der Waals surface area contributed by atoms with E-state index in [1.807, 2.05) is 0 Å². The predicted molar refractivity (Wildman–Crippen MR) is 91.7 cm³/mol. The van der Waals surface area contributed by atoms with E-state index in [2.05, 4.69) is 62.2 Å². The van der Waals surface area contributed by atoms with Gasteiger partial charge in [-0.05, 0) is 42.3 Å². The fourth-order valence-electron chi connectivity index (χ4n) is 3.21. The highest BCUT2D eigenvalue weighted by Gasteiger charge is 2.18. The molecule has 1 fully saturated rings. The van der Waals surface area contributed by atoms with Crippen molar-refractivity contribution in [3.63, 3.8) is 0 Å². The van der Waals surface area contributed by atoms with Gasteiger partial charge in [-0.15, -0.1) is 0 Å². The molecule has 0 radical (unpaired) electrons. The van der Waals surface area contributed by atoms with Crippen molar-refractivity contribution in [3.05, 3.63) is 35.4 Å². The molecule has 0 aromatic heterocycles. The van der Waals surface area contributed by atoms with Crippen molar-refractivity contribution in [2.24, 2.45) is 5.92 Å². The zero-order chi connectivity index (χ0) is 15.2. The average Bonchev–Trinajstić information content (AvgIpc) is 2.91. The van der Waals surface area contributed by atoms with Gasteiger partial charge >= 0.3 is 0 Å². The van der Waals surface area contributed by atoms with Crippen LogP contribution in [0.1, 0.15) is 57.6 Å². The quantitative estimate of drug-likeness (QED) is 0.815.